The Bertz CT molecular complexity index is 982. The van der Waals surface area contributed by atoms with Crippen LogP contribution in [0, 0.1) is 0 Å². The van der Waals surface area contributed by atoms with E-state index in [1.807, 2.05) is 30.3 Å². The molecule has 4 rings (SSSR count). The number of aliphatic hydroxyl groups is 1. The van der Waals surface area contributed by atoms with Crippen molar-refractivity contribution in [3.63, 3.8) is 0 Å². The van der Waals surface area contributed by atoms with Gasteiger partial charge in [0.1, 0.15) is 17.7 Å². The van der Waals surface area contributed by atoms with E-state index in [1.165, 1.54) is 4.57 Å². The van der Waals surface area contributed by atoms with Crippen molar-refractivity contribution in [3.05, 3.63) is 47.0 Å². The van der Waals surface area contributed by atoms with Crippen LogP contribution in [0.15, 0.2) is 45.7 Å². The zero-order chi connectivity index (χ0) is 19.0. The van der Waals surface area contributed by atoms with Crippen molar-refractivity contribution in [1.82, 2.24) is 9.55 Å². The highest BCUT2D eigenvalue weighted by Gasteiger charge is 2.32. The van der Waals surface area contributed by atoms with Crippen LogP contribution in [0.5, 0.6) is 5.75 Å². The van der Waals surface area contributed by atoms with Crippen molar-refractivity contribution in [2.75, 3.05) is 6.61 Å². The molecule has 0 radical (unpaired) electrons. The van der Waals surface area contributed by atoms with Crippen LogP contribution in [0.2, 0.25) is 0 Å². The van der Waals surface area contributed by atoms with E-state index in [4.69, 9.17) is 13.9 Å². The summed E-state index contributed by atoms with van der Waals surface area (Å²) in [7, 11) is 0. The van der Waals surface area contributed by atoms with E-state index in [2.05, 4.69) is 11.9 Å². The molecule has 0 saturated carbocycles. The third-order valence-corrected chi connectivity index (χ3v) is 4.72. The number of fused-ring (bicyclic) bond motifs is 1. The number of aromatic nitrogens is 2. The Morgan fingerprint density at radius 2 is 2.11 bits per heavy atom. The average molecular weight is 370 g/mol. The molecule has 142 valence electrons. The first-order valence-electron chi connectivity index (χ1n) is 9.14. The molecule has 0 spiro atoms. The first-order valence-corrected chi connectivity index (χ1v) is 9.14. The second-order valence-corrected chi connectivity index (χ2v) is 6.77. The van der Waals surface area contributed by atoms with Crippen molar-refractivity contribution in [1.29, 1.82) is 0 Å². The van der Waals surface area contributed by atoms with Gasteiger partial charge < -0.3 is 19.0 Å². The highest BCUT2D eigenvalue weighted by Crippen LogP contribution is 2.30. The molecule has 2 aromatic heterocycles. The third kappa shape index (κ3) is 3.48. The van der Waals surface area contributed by atoms with E-state index >= 15 is 0 Å². The molecule has 0 bridgehead atoms. The lowest BCUT2D eigenvalue weighted by Crippen LogP contribution is -2.26. The standard InChI is InChI=1S/C20H22N2O5/c1-3-8-25-15-6-4-13(5-7-15)17-9-14-11-22(20(24)21-19(14)27-17)18-10-16(23)12(2)26-18/h4-7,9,11-12,16,18,23H,3,8,10H2,1-2H3/t12?,16-,18+/m0/s1. The van der Waals surface area contributed by atoms with E-state index in [0.717, 1.165) is 17.7 Å². The van der Waals surface area contributed by atoms with E-state index in [0.29, 0.717) is 24.2 Å². The summed E-state index contributed by atoms with van der Waals surface area (Å²) >= 11 is 0. The summed E-state index contributed by atoms with van der Waals surface area (Å²) < 4.78 is 18.4. The van der Waals surface area contributed by atoms with Gasteiger partial charge in [-0.25, -0.2) is 4.79 Å². The largest absolute Gasteiger partial charge is 0.494 e. The van der Waals surface area contributed by atoms with Crippen molar-refractivity contribution in [2.24, 2.45) is 0 Å². The Balaban J connectivity index is 1.63. The van der Waals surface area contributed by atoms with Crippen LogP contribution >= 0.6 is 0 Å². The van der Waals surface area contributed by atoms with Crippen LogP contribution in [-0.4, -0.2) is 33.5 Å². The second kappa shape index (κ2) is 7.17. The predicted molar refractivity (Wildman–Crippen MR) is 99.7 cm³/mol. The van der Waals surface area contributed by atoms with Crippen LogP contribution in [0.4, 0.5) is 0 Å². The molecular formula is C20H22N2O5. The number of hydrogen-bond acceptors (Lipinski definition) is 6. The Morgan fingerprint density at radius 3 is 2.78 bits per heavy atom. The van der Waals surface area contributed by atoms with Crippen molar-refractivity contribution < 1.29 is 19.0 Å². The van der Waals surface area contributed by atoms with Gasteiger partial charge in [0.25, 0.3) is 0 Å². The first-order chi connectivity index (χ1) is 13.0. The van der Waals surface area contributed by atoms with Crippen LogP contribution in [-0.2, 0) is 4.74 Å². The van der Waals surface area contributed by atoms with Gasteiger partial charge >= 0.3 is 5.69 Å². The molecule has 0 aliphatic carbocycles. The first kappa shape index (κ1) is 17.8. The summed E-state index contributed by atoms with van der Waals surface area (Å²) in [6.45, 7) is 4.52. The van der Waals surface area contributed by atoms with E-state index in [9.17, 15) is 9.90 Å². The molecule has 0 amide bonds. The maximum atomic E-state index is 12.3. The Labute approximate surface area is 156 Å². The van der Waals surface area contributed by atoms with Crippen LogP contribution in [0.3, 0.4) is 0 Å². The summed E-state index contributed by atoms with van der Waals surface area (Å²) in [5.41, 5.74) is 0.694. The fraction of sp³-hybridized carbons (Fsp3) is 0.400. The number of rotatable bonds is 5. The highest BCUT2D eigenvalue weighted by molar-refractivity contribution is 5.79. The minimum Gasteiger partial charge on any atom is -0.494 e. The predicted octanol–water partition coefficient (Wildman–Crippen LogP) is 3.11. The average Bonchev–Trinajstić information content (AvgIpc) is 3.22. The van der Waals surface area contributed by atoms with Gasteiger partial charge in [-0.15, -0.1) is 0 Å². The summed E-state index contributed by atoms with van der Waals surface area (Å²) in [6.07, 6.45) is 1.56. The monoisotopic (exact) mass is 370 g/mol. The lowest BCUT2D eigenvalue weighted by Gasteiger charge is -2.12. The molecule has 1 unspecified atom stereocenters. The summed E-state index contributed by atoms with van der Waals surface area (Å²) in [5.74, 6) is 1.43. The minimum absolute atomic E-state index is 0.282. The second-order valence-electron chi connectivity index (χ2n) is 6.77. The molecule has 27 heavy (non-hydrogen) atoms. The van der Waals surface area contributed by atoms with Gasteiger partial charge in [-0.05, 0) is 43.7 Å². The maximum absolute atomic E-state index is 12.3. The van der Waals surface area contributed by atoms with Gasteiger partial charge in [0.05, 0.1) is 24.2 Å². The minimum atomic E-state index is -0.592. The lowest BCUT2D eigenvalue weighted by atomic mass is 10.1. The normalized spacial score (nSPS) is 22.4. The van der Waals surface area contributed by atoms with Gasteiger partial charge in [0.15, 0.2) is 0 Å². The molecule has 1 aromatic carbocycles. The summed E-state index contributed by atoms with van der Waals surface area (Å²) in [4.78, 5) is 16.4. The Hall–Kier alpha value is -2.64. The topological polar surface area (TPSA) is 86.7 Å². The number of ether oxygens (including phenoxy) is 2. The van der Waals surface area contributed by atoms with Gasteiger partial charge in [-0.3, -0.25) is 4.57 Å². The summed E-state index contributed by atoms with van der Waals surface area (Å²) in [5, 5.41) is 10.6. The smallest absolute Gasteiger partial charge is 0.353 e. The molecule has 7 heteroatoms. The van der Waals surface area contributed by atoms with Crippen molar-refractivity contribution >= 4 is 11.1 Å². The van der Waals surface area contributed by atoms with Gasteiger partial charge in [-0.1, -0.05) is 6.92 Å². The van der Waals surface area contributed by atoms with E-state index in [-0.39, 0.29) is 11.8 Å². The SMILES string of the molecule is CCCOc1ccc(-c2cc3cn([C@H]4C[C@H](O)C(C)O4)c(=O)nc3o2)cc1. The molecule has 1 aliphatic heterocycles. The Kier molecular flexibility index (Phi) is 4.72. The van der Waals surface area contributed by atoms with E-state index < -0.39 is 18.0 Å². The van der Waals surface area contributed by atoms with Crippen molar-refractivity contribution in [2.45, 2.75) is 45.1 Å². The summed E-state index contributed by atoms with van der Waals surface area (Å²) in [6, 6.07) is 9.44. The molecule has 3 atom stereocenters. The quantitative estimate of drug-likeness (QED) is 0.743. The molecule has 1 fully saturated rings. The number of aliphatic hydroxyl groups excluding tert-OH is 1. The molecule has 3 aromatic rings. The fourth-order valence-corrected chi connectivity index (χ4v) is 3.18. The number of benzene rings is 1. The van der Waals surface area contributed by atoms with E-state index in [1.54, 1.807) is 13.1 Å². The zero-order valence-electron chi connectivity index (χ0n) is 15.3. The molecule has 1 N–H and O–H groups in total. The van der Waals surface area contributed by atoms with Crippen molar-refractivity contribution in [3.8, 4) is 17.1 Å². The number of nitrogens with zero attached hydrogens (tertiary/aromatic N) is 2. The molecule has 3 heterocycles. The fourth-order valence-electron chi connectivity index (χ4n) is 3.18. The maximum Gasteiger partial charge on any atom is 0.353 e. The molecule has 7 nitrogen and oxygen atoms in total. The third-order valence-electron chi connectivity index (χ3n) is 4.72. The van der Waals surface area contributed by atoms with Gasteiger partial charge in [0, 0.05) is 18.2 Å². The van der Waals surface area contributed by atoms with Crippen LogP contribution < -0.4 is 10.4 Å². The van der Waals surface area contributed by atoms with Gasteiger partial charge in [0.2, 0.25) is 5.71 Å². The molecule has 1 aliphatic rings. The van der Waals surface area contributed by atoms with Crippen LogP contribution in [0.1, 0.15) is 32.9 Å². The molecular weight excluding hydrogens is 348 g/mol. The lowest BCUT2D eigenvalue weighted by molar-refractivity contribution is -0.00984. The molecule has 1 saturated heterocycles. The van der Waals surface area contributed by atoms with Gasteiger partial charge in [-0.2, -0.15) is 4.98 Å². The zero-order valence-corrected chi connectivity index (χ0v) is 15.3. The number of furan rings is 1. The van der Waals surface area contributed by atoms with Crippen LogP contribution in [0.25, 0.3) is 22.4 Å². The number of hydrogen-bond donors (Lipinski definition) is 1. The Morgan fingerprint density at radius 1 is 1.33 bits per heavy atom. The highest BCUT2D eigenvalue weighted by atomic mass is 16.5.